The Hall–Kier alpha value is -2.05. The van der Waals surface area contributed by atoms with E-state index in [1.165, 1.54) is 0 Å². The van der Waals surface area contributed by atoms with Crippen LogP contribution in [-0.2, 0) is 14.8 Å². The fraction of sp³-hybridized carbons (Fsp3) is 0.278. The molecule has 25 heavy (non-hydrogen) atoms. The third-order valence-corrected chi connectivity index (χ3v) is 5.25. The Kier molecular flexibility index (Phi) is 5.75. The summed E-state index contributed by atoms with van der Waals surface area (Å²) in [5.74, 6) is -0.421. The average Bonchev–Trinajstić information content (AvgIpc) is 2.49. The van der Waals surface area contributed by atoms with Gasteiger partial charge in [-0.15, -0.1) is 0 Å². The molecule has 0 aliphatic heterocycles. The second kappa shape index (κ2) is 7.45. The molecule has 1 atom stereocenters. The van der Waals surface area contributed by atoms with Crippen LogP contribution in [-0.4, -0.2) is 26.6 Å². The molecule has 0 fully saturated rings. The van der Waals surface area contributed by atoms with Gasteiger partial charge < -0.3 is 5.32 Å². The first-order valence-electron chi connectivity index (χ1n) is 7.72. The predicted octanol–water partition coefficient (Wildman–Crippen LogP) is 3.75. The van der Waals surface area contributed by atoms with Crippen LogP contribution in [0.15, 0.2) is 42.5 Å². The maximum atomic E-state index is 12.6. The molecule has 0 heterocycles. The number of benzene rings is 2. The minimum Gasteiger partial charge on any atom is -0.324 e. The number of carbonyl (C=O) groups excluding carboxylic acids is 1. The summed E-state index contributed by atoms with van der Waals surface area (Å²) < 4.78 is 25.8. The minimum absolute atomic E-state index is 0.391. The molecule has 0 bridgehead atoms. The molecule has 0 saturated heterocycles. The summed E-state index contributed by atoms with van der Waals surface area (Å²) in [6, 6.07) is 11.3. The molecule has 1 amide bonds. The van der Waals surface area contributed by atoms with E-state index in [0.717, 1.165) is 16.1 Å². The van der Waals surface area contributed by atoms with Gasteiger partial charge in [-0.05, 0) is 56.2 Å². The topological polar surface area (TPSA) is 66.5 Å². The van der Waals surface area contributed by atoms with Gasteiger partial charge in [-0.3, -0.25) is 9.10 Å². The number of aryl methyl sites for hydroxylation is 2. The highest BCUT2D eigenvalue weighted by Crippen LogP contribution is 2.28. The van der Waals surface area contributed by atoms with Gasteiger partial charge in [0.15, 0.2) is 0 Å². The third-order valence-electron chi connectivity index (χ3n) is 3.78. The van der Waals surface area contributed by atoms with E-state index in [4.69, 9.17) is 11.6 Å². The Morgan fingerprint density at radius 1 is 1.16 bits per heavy atom. The highest BCUT2D eigenvalue weighted by molar-refractivity contribution is 7.92. The highest BCUT2D eigenvalue weighted by Gasteiger charge is 2.30. The lowest BCUT2D eigenvalue weighted by Gasteiger charge is -2.29. The maximum absolute atomic E-state index is 12.6. The van der Waals surface area contributed by atoms with Gasteiger partial charge in [0.1, 0.15) is 6.04 Å². The van der Waals surface area contributed by atoms with Crippen LogP contribution in [0.25, 0.3) is 0 Å². The van der Waals surface area contributed by atoms with Crippen molar-refractivity contribution in [1.29, 1.82) is 0 Å². The van der Waals surface area contributed by atoms with Crippen LogP contribution in [0.4, 0.5) is 11.4 Å². The Labute approximate surface area is 153 Å². The van der Waals surface area contributed by atoms with Crippen molar-refractivity contribution in [2.45, 2.75) is 26.8 Å². The van der Waals surface area contributed by atoms with E-state index in [2.05, 4.69) is 5.32 Å². The van der Waals surface area contributed by atoms with Crippen molar-refractivity contribution in [3.05, 3.63) is 58.6 Å². The lowest BCUT2D eigenvalue weighted by atomic mass is 10.1. The van der Waals surface area contributed by atoms with Gasteiger partial charge in [-0.2, -0.15) is 0 Å². The summed E-state index contributed by atoms with van der Waals surface area (Å²) in [5.41, 5.74) is 2.72. The molecule has 2 aromatic carbocycles. The van der Waals surface area contributed by atoms with Crippen molar-refractivity contribution in [3.8, 4) is 0 Å². The van der Waals surface area contributed by atoms with Crippen molar-refractivity contribution in [2.24, 2.45) is 0 Å². The van der Waals surface area contributed by atoms with E-state index in [-0.39, 0.29) is 0 Å². The normalized spacial score (nSPS) is 12.5. The Morgan fingerprint density at radius 3 is 2.44 bits per heavy atom. The number of hydrogen-bond acceptors (Lipinski definition) is 3. The smallest absolute Gasteiger partial charge is 0.247 e. The van der Waals surface area contributed by atoms with Crippen LogP contribution in [0.2, 0.25) is 5.02 Å². The molecule has 0 aliphatic rings. The van der Waals surface area contributed by atoms with Crippen molar-refractivity contribution in [1.82, 2.24) is 0 Å². The number of rotatable bonds is 5. The first-order chi connectivity index (χ1) is 11.6. The average molecular weight is 381 g/mol. The second-order valence-corrected chi connectivity index (χ2v) is 8.32. The monoisotopic (exact) mass is 380 g/mol. The molecule has 0 radical (unpaired) electrons. The van der Waals surface area contributed by atoms with E-state index >= 15 is 0 Å². The molecule has 2 rings (SSSR count). The van der Waals surface area contributed by atoms with Gasteiger partial charge in [0.25, 0.3) is 0 Å². The fourth-order valence-corrected chi connectivity index (χ4v) is 3.96. The molecule has 7 heteroatoms. The summed E-state index contributed by atoms with van der Waals surface area (Å²) in [5, 5.41) is 3.16. The zero-order chi connectivity index (χ0) is 18.8. The lowest BCUT2D eigenvalue weighted by Crippen LogP contribution is -2.45. The number of hydrogen-bond donors (Lipinski definition) is 1. The number of sulfonamides is 1. The molecule has 0 spiro atoms. The van der Waals surface area contributed by atoms with Gasteiger partial charge in [-0.25, -0.2) is 8.42 Å². The number of anilines is 2. The van der Waals surface area contributed by atoms with Crippen LogP contribution in [0, 0.1) is 13.8 Å². The predicted molar refractivity (Wildman–Crippen MR) is 103 cm³/mol. The maximum Gasteiger partial charge on any atom is 0.247 e. The Bertz CT molecular complexity index is 897. The summed E-state index contributed by atoms with van der Waals surface area (Å²) in [6.45, 7) is 5.23. The van der Waals surface area contributed by atoms with Crippen molar-refractivity contribution < 1.29 is 13.2 Å². The lowest BCUT2D eigenvalue weighted by molar-refractivity contribution is -0.116. The minimum atomic E-state index is -3.69. The molecule has 0 saturated carbocycles. The van der Waals surface area contributed by atoms with Crippen LogP contribution in [0.3, 0.4) is 0 Å². The van der Waals surface area contributed by atoms with E-state index in [9.17, 15) is 13.2 Å². The summed E-state index contributed by atoms with van der Waals surface area (Å²) in [7, 11) is -3.69. The van der Waals surface area contributed by atoms with Crippen molar-refractivity contribution in [3.63, 3.8) is 0 Å². The summed E-state index contributed by atoms with van der Waals surface area (Å²) in [4.78, 5) is 12.6. The van der Waals surface area contributed by atoms with E-state index in [0.29, 0.717) is 22.0 Å². The van der Waals surface area contributed by atoms with Gasteiger partial charge in [0, 0.05) is 10.7 Å². The second-order valence-electron chi connectivity index (χ2n) is 6.02. The molecule has 0 aliphatic carbocycles. The first kappa shape index (κ1) is 19.3. The molecular formula is C18H21ClN2O3S. The molecule has 2 aromatic rings. The Morgan fingerprint density at radius 2 is 1.84 bits per heavy atom. The van der Waals surface area contributed by atoms with Gasteiger partial charge in [0.05, 0.1) is 11.9 Å². The van der Waals surface area contributed by atoms with E-state index in [1.807, 2.05) is 25.1 Å². The molecule has 0 aromatic heterocycles. The quantitative estimate of drug-likeness (QED) is 0.858. The third kappa shape index (κ3) is 4.74. The van der Waals surface area contributed by atoms with Crippen LogP contribution < -0.4 is 9.62 Å². The standard InChI is InChI=1S/C18H21ClN2O3S/c1-12-6-5-7-16(10-12)20-18(22)14(3)21(25(4,23)24)17-11-15(19)9-8-13(17)2/h5-11,14H,1-4H3,(H,20,22)/t14-/m1/s1. The molecule has 134 valence electrons. The number of nitrogens with zero attached hydrogens (tertiary/aromatic N) is 1. The van der Waals surface area contributed by atoms with Gasteiger partial charge >= 0.3 is 0 Å². The summed E-state index contributed by atoms with van der Waals surface area (Å²) in [6.07, 6.45) is 1.07. The highest BCUT2D eigenvalue weighted by atomic mass is 35.5. The van der Waals surface area contributed by atoms with Crippen LogP contribution >= 0.6 is 11.6 Å². The molecular weight excluding hydrogens is 360 g/mol. The number of nitrogens with one attached hydrogen (secondary N) is 1. The largest absolute Gasteiger partial charge is 0.324 e. The van der Waals surface area contributed by atoms with Gasteiger partial charge in [-0.1, -0.05) is 29.8 Å². The zero-order valence-electron chi connectivity index (χ0n) is 14.6. The number of carbonyl (C=O) groups is 1. The number of halogens is 1. The fourth-order valence-electron chi connectivity index (χ4n) is 2.57. The first-order valence-corrected chi connectivity index (χ1v) is 9.95. The Balaban J connectivity index is 2.38. The SMILES string of the molecule is Cc1cccc(NC(=O)[C@@H](C)N(c2cc(Cl)ccc2C)S(C)(=O)=O)c1. The zero-order valence-corrected chi connectivity index (χ0v) is 16.1. The molecule has 0 unspecified atom stereocenters. The summed E-state index contributed by atoms with van der Waals surface area (Å²) >= 11 is 6.02. The van der Waals surface area contributed by atoms with Crippen molar-refractivity contribution >= 4 is 38.9 Å². The van der Waals surface area contributed by atoms with Crippen molar-refractivity contribution in [2.75, 3.05) is 15.9 Å². The van der Waals surface area contributed by atoms with Crippen LogP contribution in [0.1, 0.15) is 18.1 Å². The molecule has 5 nitrogen and oxygen atoms in total. The van der Waals surface area contributed by atoms with Gasteiger partial charge in [0.2, 0.25) is 15.9 Å². The van der Waals surface area contributed by atoms with E-state index < -0.39 is 22.0 Å². The number of amides is 1. The van der Waals surface area contributed by atoms with Crippen LogP contribution in [0.5, 0.6) is 0 Å². The molecule has 1 N–H and O–H groups in total. The van der Waals surface area contributed by atoms with E-state index in [1.54, 1.807) is 38.1 Å².